The van der Waals surface area contributed by atoms with Crippen LogP contribution in [0.1, 0.15) is 5.56 Å². The lowest BCUT2D eigenvalue weighted by atomic mass is 10.2. The number of aliphatic hydroxyl groups excluding tert-OH is 1. The molecule has 3 heteroatoms. The van der Waals surface area contributed by atoms with E-state index in [9.17, 15) is 0 Å². The number of hydrogen-bond donors (Lipinski definition) is 2. The van der Waals surface area contributed by atoms with Crippen LogP contribution in [0.2, 0.25) is 0 Å². The summed E-state index contributed by atoms with van der Waals surface area (Å²) in [5, 5.41) is 17.6. The van der Waals surface area contributed by atoms with Gasteiger partial charge in [-0.05, 0) is 23.8 Å². The van der Waals surface area contributed by atoms with E-state index < -0.39 is 0 Å². The lowest BCUT2D eigenvalue weighted by molar-refractivity contribution is 0.343. The van der Waals surface area contributed by atoms with Gasteiger partial charge in [-0.15, -0.1) is 0 Å². The maximum absolute atomic E-state index is 9.12. The third-order valence-electron chi connectivity index (χ3n) is 1.38. The Bertz CT molecular complexity index is 295. The van der Waals surface area contributed by atoms with Crippen LogP contribution in [0.25, 0.3) is 6.08 Å². The Kier molecular flexibility index (Phi) is 3.31. The minimum absolute atomic E-state index is 0.00208. The van der Waals surface area contributed by atoms with Gasteiger partial charge in [0.15, 0.2) is 0 Å². The highest BCUT2D eigenvalue weighted by Crippen LogP contribution is 2.22. The van der Waals surface area contributed by atoms with Gasteiger partial charge in [0.1, 0.15) is 5.75 Å². The maximum atomic E-state index is 9.12. The molecule has 0 amide bonds. The second-order valence-corrected chi connectivity index (χ2v) is 3.15. The van der Waals surface area contributed by atoms with Gasteiger partial charge in [0.2, 0.25) is 0 Å². The molecule has 0 heterocycles. The van der Waals surface area contributed by atoms with Gasteiger partial charge in [-0.2, -0.15) is 0 Å². The molecule has 0 aliphatic rings. The summed E-state index contributed by atoms with van der Waals surface area (Å²) < 4.78 is 0.894. The van der Waals surface area contributed by atoms with Crippen LogP contribution in [0, 0.1) is 0 Å². The van der Waals surface area contributed by atoms with Crippen LogP contribution in [0.4, 0.5) is 0 Å². The molecule has 0 unspecified atom stereocenters. The fourth-order valence-electron chi connectivity index (χ4n) is 0.839. The fourth-order valence-corrected chi connectivity index (χ4v) is 1.22. The summed E-state index contributed by atoms with van der Waals surface area (Å²) in [5.41, 5.74) is 0.851. The van der Waals surface area contributed by atoms with Gasteiger partial charge in [-0.3, -0.25) is 0 Å². The molecular weight excluding hydrogens is 220 g/mol. The van der Waals surface area contributed by atoms with E-state index in [0.717, 1.165) is 10.0 Å². The Morgan fingerprint density at radius 3 is 2.83 bits per heavy atom. The lowest BCUT2D eigenvalue weighted by Gasteiger charge is -1.98. The number of halogens is 1. The van der Waals surface area contributed by atoms with E-state index in [1.54, 1.807) is 30.4 Å². The average Bonchev–Trinajstić information content (AvgIpc) is 2.07. The molecule has 1 rings (SSSR count). The van der Waals surface area contributed by atoms with E-state index in [-0.39, 0.29) is 12.4 Å². The van der Waals surface area contributed by atoms with Crippen molar-refractivity contribution in [2.24, 2.45) is 0 Å². The first-order chi connectivity index (χ1) is 5.74. The van der Waals surface area contributed by atoms with Crippen LogP contribution in [0.5, 0.6) is 5.75 Å². The van der Waals surface area contributed by atoms with E-state index in [0.29, 0.717) is 0 Å². The molecule has 0 bridgehead atoms. The monoisotopic (exact) mass is 228 g/mol. The third kappa shape index (κ3) is 2.36. The molecule has 0 aliphatic carbocycles. The summed E-state index contributed by atoms with van der Waals surface area (Å²) in [6.07, 6.45) is 3.35. The molecule has 64 valence electrons. The Balaban J connectivity index is 2.97. The van der Waals surface area contributed by atoms with E-state index in [2.05, 4.69) is 15.9 Å². The molecule has 0 spiro atoms. The first kappa shape index (κ1) is 9.29. The number of benzene rings is 1. The SMILES string of the molecule is OCC=Cc1cc(O)ccc1Br. The summed E-state index contributed by atoms with van der Waals surface area (Å²) in [6, 6.07) is 4.98. The Morgan fingerprint density at radius 2 is 2.17 bits per heavy atom. The quantitative estimate of drug-likeness (QED) is 0.815. The number of phenols is 1. The molecule has 2 nitrogen and oxygen atoms in total. The first-order valence-corrected chi connectivity index (χ1v) is 4.29. The highest BCUT2D eigenvalue weighted by Gasteiger charge is 1.95. The minimum Gasteiger partial charge on any atom is -0.508 e. The molecule has 0 aliphatic heterocycles. The summed E-state index contributed by atoms with van der Waals surface area (Å²) in [4.78, 5) is 0. The molecular formula is C9H9BrO2. The van der Waals surface area contributed by atoms with Crippen molar-refractivity contribution in [1.82, 2.24) is 0 Å². The molecule has 0 saturated heterocycles. The standard InChI is InChI=1S/C9H9BrO2/c10-9-4-3-8(12)6-7(9)2-1-5-11/h1-4,6,11-12H,5H2. The largest absolute Gasteiger partial charge is 0.508 e. The molecule has 1 aromatic carbocycles. The lowest BCUT2D eigenvalue weighted by Crippen LogP contribution is -1.77. The van der Waals surface area contributed by atoms with Gasteiger partial charge in [0.25, 0.3) is 0 Å². The molecule has 0 saturated carbocycles. The number of aromatic hydroxyl groups is 1. The van der Waals surface area contributed by atoms with Crippen molar-refractivity contribution in [3.8, 4) is 5.75 Å². The molecule has 12 heavy (non-hydrogen) atoms. The van der Waals surface area contributed by atoms with Crippen LogP contribution in [0.15, 0.2) is 28.7 Å². The Labute approximate surface area is 79.3 Å². The van der Waals surface area contributed by atoms with Crippen molar-refractivity contribution in [2.45, 2.75) is 0 Å². The van der Waals surface area contributed by atoms with E-state index >= 15 is 0 Å². The molecule has 2 N–H and O–H groups in total. The zero-order valence-corrected chi connectivity index (χ0v) is 7.95. The number of phenolic OH excluding ortho intramolecular Hbond substituents is 1. The zero-order chi connectivity index (χ0) is 8.97. The molecule has 1 aromatic rings. The topological polar surface area (TPSA) is 40.5 Å². The van der Waals surface area contributed by atoms with Gasteiger partial charge in [0.05, 0.1) is 6.61 Å². The van der Waals surface area contributed by atoms with Crippen molar-refractivity contribution in [1.29, 1.82) is 0 Å². The van der Waals surface area contributed by atoms with Crippen molar-refractivity contribution in [3.63, 3.8) is 0 Å². The number of aliphatic hydroxyl groups is 1. The first-order valence-electron chi connectivity index (χ1n) is 3.50. The van der Waals surface area contributed by atoms with Crippen LogP contribution in [-0.4, -0.2) is 16.8 Å². The molecule has 0 radical (unpaired) electrons. The van der Waals surface area contributed by atoms with Gasteiger partial charge >= 0.3 is 0 Å². The Hall–Kier alpha value is -0.800. The Morgan fingerprint density at radius 1 is 1.42 bits per heavy atom. The average molecular weight is 229 g/mol. The van der Waals surface area contributed by atoms with Gasteiger partial charge < -0.3 is 10.2 Å². The van der Waals surface area contributed by atoms with Crippen LogP contribution < -0.4 is 0 Å². The van der Waals surface area contributed by atoms with Crippen molar-refractivity contribution in [3.05, 3.63) is 34.3 Å². The fraction of sp³-hybridized carbons (Fsp3) is 0.111. The normalized spacial score (nSPS) is 10.8. The minimum atomic E-state index is 0.00208. The van der Waals surface area contributed by atoms with Crippen molar-refractivity contribution in [2.75, 3.05) is 6.61 Å². The smallest absolute Gasteiger partial charge is 0.116 e. The van der Waals surface area contributed by atoms with E-state index in [1.165, 1.54) is 0 Å². The maximum Gasteiger partial charge on any atom is 0.116 e. The van der Waals surface area contributed by atoms with Crippen LogP contribution in [-0.2, 0) is 0 Å². The van der Waals surface area contributed by atoms with Gasteiger partial charge in [-0.1, -0.05) is 28.1 Å². The van der Waals surface area contributed by atoms with Crippen molar-refractivity contribution >= 4 is 22.0 Å². The molecule has 0 aromatic heterocycles. The summed E-state index contributed by atoms with van der Waals surface area (Å²) in [5.74, 6) is 0.218. The highest BCUT2D eigenvalue weighted by atomic mass is 79.9. The zero-order valence-electron chi connectivity index (χ0n) is 6.37. The van der Waals surface area contributed by atoms with Crippen LogP contribution in [0.3, 0.4) is 0 Å². The van der Waals surface area contributed by atoms with E-state index in [1.807, 2.05) is 0 Å². The predicted octanol–water partition coefficient (Wildman–Crippen LogP) is 2.16. The summed E-state index contributed by atoms with van der Waals surface area (Å²) in [6.45, 7) is 0.00208. The second kappa shape index (κ2) is 4.28. The number of rotatable bonds is 2. The van der Waals surface area contributed by atoms with Crippen LogP contribution >= 0.6 is 15.9 Å². The van der Waals surface area contributed by atoms with Crippen molar-refractivity contribution < 1.29 is 10.2 Å². The van der Waals surface area contributed by atoms with E-state index in [4.69, 9.17) is 10.2 Å². The summed E-state index contributed by atoms with van der Waals surface area (Å²) >= 11 is 3.32. The van der Waals surface area contributed by atoms with Gasteiger partial charge in [-0.25, -0.2) is 0 Å². The highest BCUT2D eigenvalue weighted by molar-refractivity contribution is 9.10. The second-order valence-electron chi connectivity index (χ2n) is 2.29. The summed E-state index contributed by atoms with van der Waals surface area (Å²) in [7, 11) is 0. The third-order valence-corrected chi connectivity index (χ3v) is 2.10. The predicted molar refractivity (Wildman–Crippen MR) is 51.9 cm³/mol. The molecule has 0 atom stereocenters. The van der Waals surface area contributed by atoms with Gasteiger partial charge in [0, 0.05) is 4.47 Å². The molecule has 0 fully saturated rings. The number of hydrogen-bond acceptors (Lipinski definition) is 2.